The predicted molar refractivity (Wildman–Crippen MR) is 122 cm³/mol. The Morgan fingerprint density at radius 2 is 1.59 bits per heavy atom. The van der Waals surface area contributed by atoms with Crippen LogP contribution in [0.4, 0.5) is 0 Å². The lowest BCUT2D eigenvalue weighted by molar-refractivity contribution is -0.142. The molecule has 0 radical (unpaired) electrons. The molecule has 0 amide bonds. The second kappa shape index (κ2) is 7.25. The van der Waals surface area contributed by atoms with Gasteiger partial charge in [-0.1, -0.05) is 47.0 Å². The zero-order valence-corrected chi connectivity index (χ0v) is 19.9. The minimum absolute atomic E-state index is 0.0205. The molecule has 5 aliphatic carbocycles. The molecule has 5 saturated carbocycles. The summed E-state index contributed by atoms with van der Waals surface area (Å²) in [6.07, 6.45) is 20.0. The normalized spacial score (nSPS) is 56.4. The third-order valence-electron chi connectivity index (χ3n) is 11.9. The van der Waals surface area contributed by atoms with Crippen LogP contribution in [0, 0.1) is 51.8 Å². The van der Waals surface area contributed by atoms with Crippen LogP contribution in [0.1, 0.15) is 118 Å². The molecule has 0 aromatic rings. The van der Waals surface area contributed by atoms with Crippen LogP contribution >= 0.6 is 0 Å². The third-order valence-corrected chi connectivity index (χ3v) is 11.9. The van der Waals surface area contributed by atoms with E-state index in [4.69, 9.17) is 0 Å². The largest absolute Gasteiger partial charge is 0.393 e. The molecule has 29 heavy (non-hydrogen) atoms. The van der Waals surface area contributed by atoms with Gasteiger partial charge in [-0.3, -0.25) is 0 Å². The van der Waals surface area contributed by atoms with Gasteiger partial charge in [0.05, 0.1) is 6.10 Å². The van der Waals surface area contributed by atoms with Gasteiger partial charge in [0.15, 0.2) is 0 Å². The summed E-state index contributed by atoms with van der Waals surface area (Å²) in [5, 5.41) is 10.7. The Morgan fingerprint density at radius 1 is 0.793 bits per heavy atom. The zero-order valence-electron chi connectivity index (χ0n) is 19.9. The highest BCUT2D eigenvalue weighted by Crippen LogP contribution is 2.71. The number of hydrogen-bond donors (Lipinski definition) is 1. The smallest absolute Gasteiger partial charge is 0.0596 e. The molecule has 0 saturated heterocycles. The van der Waals surface area contributed by atoms with Gasteiger partial charge in [0.25, 0.3) is 0 Å². The molecule has 1 heteroatoms. The molecular weight excluding hydrogens is 352 g/mol. The van der Waals surface area contributed by atoms with Crippen molar-refractivity contribution in [3.05, 3.63) is 0 Å². The summed E-state index contributed by atoms with van der Waals surface area (Å²) in [7, 11) is 0. The fourth-order valence-electron chi connectivity index (χ4n) is 10.3. The van der Waals surface area contributed by atoms with Crippen molar-refractivity contribution in [3.63, 3.8) is 0 Å². The van der Waals surface area contributed by atoms with Gasteiger partial charge >= 0.3 is 0 Å². The Bertz CT molecular complexity index is 613. The molecule has 5 aliphatic rings. The maximum atomic E-state index is 10.7. The van der Waals surface area contributed by atoms with Crippen molar-refractivity contribution in [3.8, 4) is 0 Å². The first kappa shape index (κ1) is 20.8. The van der Waals surface area contributed by atoms with Gasteiger partial charge in [-0.2, -0.15) is 0 Å². The van der Waals surface area contributed by atoms with Gasteiger partial charge < -0.3 is 5.11 Å². The van der Waals surface area contributed by atoms with Crippen molar-refractivity contribution in [2.24, 2.45) is 51.8 Å². The summed E-state index contributed by atoms with van der Waals surface area (Å²) >= 11 is 0. The number of rotatable bonds is 5. The molecule has 5 fully saturated rings. The van der Waals surface area contributed by atoms with E-state index in [1.165, 1.54) is 70.6 Å². The zero-order chi connectivity index (χ0) is 20.4. The fourth-order valence-corrected chi connectivity index (χ4v) is 10.3. The molecule has 0 spiro atoms. The molecule has 10 unspecified atom stereocenters. The van der Waals surface area contributed by atoms with Crippen molar-refractivity contribution in [2.45, 2.75) is 124 Å². The highest BCUT2D eigenvalue weighted by molar-refractivity contribution is 5.12. The van der Waals surface area contributed by atoms with Crippen molar-refractivity contribution >= 4 is 0 Å². The first-order valence-corrected chi connectivity index (χ1v) is 13.6. The molecule has 10 atom stereocenters. The summed E-state index contributed by atoms with van der Waals surface area (Å²) < 4.78 is 0. The first-order chi connectivity index (χ1) is 13.9. The van der Waals surface area contributed by atoms with E-state index in [9.17, 15) is 5.11 Å². The van der Waals surface area contributed by atoms with Crippen molar-refractivity contribution in [1.82, 2.24) is 0 Å². The SMILES string of the molecule is CCCC1CC1C1(CCC)CCC2(C)C(CCC3C4CCC(O)C4(C)CCC32)C1. The molecule has 0 aromatic carbocycles. The molecule has 0 aliphatic heterocycles. The van der Waals surface area contributed by atoms with Crippen LogP contribution in [0.3, 0.4) is 0 Å². The molecule has 1 N–H and O–H groups in total. The van der Waals surface area contributed by atoms with Crippen LogP contribution in [0.15, 0.2) is 0 Å². The van der Waals surface area contributed by atoms with E-state index < -0.39 is 0 Å². The molecule has 0 aromatic heterocycles. The lowest BCUT2D eigenvalue weighted by atomic mass is 9.42. The Balaban J connectivity index is 1.36. The number of aliphatic hydroxyl groups is 1. The summed E-state index contributed by atoms with van der Waals surface area (Å²) in [6.45, 7) is 10.00. The van der Waals surface area contributed by atoms with Gasteiger partial charge in [0.2, 0.25) is 0 Å². The van der Waals surface area contributed by atoms with Gasteiger partial charge in [-0.25, -0.2) is 0 Å². The number of fused-ring (bicyclic) bond motifs is 5. The van der Waals surface area contributed by atoms with E-state index in [1.807, 2.05) is 0 Å². The predicted octanol–water partition coefficient (Wildman–Crippen LogP) is 7.61. The highest BCUT2D eigenvalue weighted by atomic mass is 16.3. The molecule has 5 rings (SSSR count). The van der Waals surface area contributed by atoms with Crippen LogP contribution in [0.25, 0.3) is 0 Å². The van der Waals surface area contributed by atoms with Crippen molar-refractivity contribution < 1.29 is 5.11 Å². The minimum atomic E-state index is -0.0205. The van der Waals surface area contributed by atoms with Crippen molar-refractivity contribution in [2.75, 3.05) is 0 Å². The average Bonchev–Trinajstić information content (AvgIpc) is 3.41. The summed E-state index contributed by atoms with van der Waals surface area (Å²) in [5.41, 5.74) is 1.55. The van der Waals surface area contributed by atoms with E-state index in [1.54, 1.807) is 12.8 Å². The van der Waals surface area contributed by atoms with Crippen molar-refractivity contribution in [1.29, 1.82) is 0 Å². The topological polar surface area (TPSA) is 20.2 Å². The van der Waals surface area contributed by atoms with Gasteiger partial charge in [-0.15, -0.1) is 0 Å². The van der Waals surface area contributed by atoms with Crippen LogP contribution < -0.4 is 0 Å². The minimum Gasteiger partial charge on any atom is -0.393 e. The Labute approximate surface area is 180 Å². The van der Waals surface area contributed by atoms with E-state index in [2.05, 4.69) is 27.7 Å². The summed E-state index contributed by atoms with van der Waals surface area (Å²) in [6, 6.07) is 0. The second-order valence-electron chi connectivity index (χ2n) is 13.0. The Morgan fingerprint density at radius 3 is 2.34 bits per heavy atom. The van der Waals surface area contributed by atoms with E-state index in [0.29, 0.717) is 10.8 Å². The maximum Gasteiger partial charge on any atom is 0.0596 e. The molecule has 1 nitrogen and oxygen atoms in total. The monoisotopic (exact) mass is 400 g/mol. The summed E-state index contributed by atoms with van der Waals surface area (Å²) in [4.78, 5) is 0. The Kier molecular flexibility index (Phi) is 5.21. The van der Waals surface area contributed by atoms with Crippen LogP contribution in [0.2, 0.25) is 0 Å². The fraction of sp³-hybridized carbons (Fsp3) is 1.00. The molecule has 0 bridgehead atoms. The first-order valence-electron chi connectivity index (χ1n) is 13.6. The number of aliphatic hydroxyl groups excluding tert-OH is 1. The highest BCUT2D eigenvalue weighted by Gasteiger charge is 2.63. The van der Waals surface area contributed by atoms with Gasteiger partial charge in [0, 0.05) is 0 Å². The maximum absolute atomic E-state index is 10.7. The number of hydrogen-bond acceptors (Lipinski definition) is 1. The van der Waals surface area contributed by atoms with E-state index in [0.717, 1.165) is 41.9 Å². The summed E-state index contributed by atoms with van der Waals surface area (Å²) in [5.74, 6) is 5.82. The van der Waals surface area contributed by atoms with Crippen LogP contribution in [-0.4, -0.2) is 11.2 Å². The lowest BCUT2D eigenvalue weighted by Gasteiger charge is -2.63. The van der Waals surface area contributed by atoms with Crippen LogP contribution in [0.5, 0.6) is 0 Å². The van der Waals surface area contributed by atoms with Crippen LogP contribution in [-0.2, 0) is 0 Å². The quantitative estimate of drug-likeness (QED) is 0.503. The lowest BCUT2D eigenvalue weighted by Crippen LogP contribution is -2.55. The molecular formula is C28H48O. The Hall–Kier alpha value is -0.0400. The molecule has 166 valence electrons. The molecule has 0 heterocycles. The van der Waals surface area contributed by atoms with E-state index in [-0.39, 0.29) is 11.5 Å². The van der Waals surface area contributed by atoms with Gasteiger partial charge in [-0.05, 0) is 122 Å². The standard InChI is InChI=1S/C28H48O/c1-5-7-19-17-24(19)28(13-6-2)16-15-26(3)20(18-28)8-9-21-22-10-11-25(29)27(22,4)14-12-23(21)26/h19-25,29H,5-18H2,1-4H3. The van der Waals surface area contributed by atoms with Gasteiger partial charge in [0.1, 0.15) is 0 Å². The van der Waals surface area contributed by atoms with E-state index >= 15 is 0 Å². The third kappa shape index (κ3) is 3.02. The second-order valence-corrected chi connectivity index (χ2v) is 13.0. The average molecular weight is 401 g/mol.